The second kappa shape index (κ2) is 8.36. The van der Waals surface area contributed by atoms with Gasteiger partial charge in [0.1, 0.15) is 12.4 Å². The smallest absolute Gasteiger partial charge is 0.371 e. The Morgan fingerprint density at radius 2 is 1.77 bits per heavy atom. The van der Waals surface area contributed by atoms with E-state index in [1.807, 2.05) is 0 Å². The molecule has 2 N–H and O–H groups in total. The van der Waals surface area contributed by atoms with Gasteiger partial charge >= 0.3 is 12.2 Å². The number of rotatable bonds is 5. The molecule has 1 saturated carbocycles. The van der Waals surface area contributed by atoms with Crippen molar-refractivity contribution in [1.29, 1.82) is 0 Å². The Morgan fingerprint density at radius 3 is 2.43 bits per heavy atom. The molecule has 2 atom stereocenters. The molecule has 0 spiro atoms. The normalized spacial score (nSPS) is 22.0. The molecule has 1 aromatic carbocycles. The van der Waals surface area contributed by atoms with Gasteiger partial charge in [-0.25, -0.2) is 19.4 Å². The topological polar surface area (TPSA) is 97.2 Å². The Morgan fingerprint density at radius 1 is 1.06 bits per heavy atom. The zero-order chi connectivity index (χ0) is 24.2. The van der Waals surface area contributed by atoms with E-state index in [1.54, 1.807) is 24.3 Å². The Balaban J connectivity index is 1.35. The quantitative estimate of drug-likeness (QED) is 0.570. The zero-order valence-electron chi connectivity index (χ0n) is 18.8. The SMILES string of the molecule is O=C(Nc1ccc(-c2nc(N3CC4CCC(C3)O4)c3cnn(CC(F)(F)F)c3n2)cc1)NC1CC1. The first-order valence-corrected chi connectivity index (χ1v) is 11.7. The van der Waals surface area contributed by atoms with Crippen LogP contribution in [0.15, 0.2) is 30.5 Å². The molecule has 0 radical (unpaired) electrons. The third-order valence-corrected chi connectivity index (χ3v) is 6.46. The van der Waals surface area contributed by atoms with Crippen molar-refractivity contribution in [3.05, 3.63) is 30.5 Å². The number of carbonyl (C=O) groups is 1. The molecule has 6 rings (SSSR count). The fourth-order valence-electron chi connectivity index (χ4n) is 4.67. The molecule has 2 saturated heterocycles. The molecule has 4 heterocycles. The molecule has 12 heteroatoms. The number of halogens is 3. The fraction of sp³-hybridized carbons (Fsp3) is 0.478. The second-order valence-corrected chi connectivity index (χ2v) is 9.34. The average Bonchev–Trinajstić information content (AvgIpc) is 3.45. The molecule has 2 unspecified atom stereocenters. The Bertz CT molecular complexity index is 1240. The summed E-state index contributed by atoms with van der Waals surface area (Å²) >= 11 is 0. The van der Waals surface area contributed by atoms with Gasteiger partial charge in [-0.05, 0) is 49.9 Å². The predicted octanol–water partition coefficient (Wildman–Crippen LogP) is 3.71. The molecule has 3 aliphatic rings. The monoisotopic (exact) mass is 487 g/mol. The first-order chi connectivity index (χ1) is 16.8. The summed E-state index contributed by atoms with van der Waals surface area (Å²) in [5.74, 6) is 0.855. The van der Waals surface area contributed by atoms with Gasteiger partial charge in [0, 0.05) is 30.4 Å². The summed E-state index contributed by atoms with van der Waals surface area (Å²) in [5, 5.41) is 10.1. The van der Waals surface area contributed by atoms with Gasteiger partial charge in [-0.2, -0.15) is 18.3 Å². The van der Waals surface area contributed by atoms with E-state index in [0.717, 1.165) is 30.4 Å². The van der Waals surface area contributed by atoms with Crippen molar-refractivity contribution in [2.24, 2.45) is 0 Å². The van der Waals surface area contributed by atoms with Crippen LogP contribution in [0.5, 0.6) is 0 Å². The van der Waals surface area contributed by atoms with E-state index < -0.39 is 12.7 Å². The molecular formula is C23H24F3N7O2. The molecular weight excluding hydrogens is 463 g/mol. The number of anilines is 2. The zero-order valence-corrected chi connectivity index (χ0v) is 18.8. The maximum atomic E-state index is 13.2. The van der Waals surface area contributed by atoms with Gasteiger partial charge in [-0.15, -0.1) is 0 Å². The number of fused-ring (bicyclic) bond motifs is 3. The van der Waals surface area contributed by atoms with E-state index in [2.05, 4.69) is 25.6 Å². The van der Waals surface area contributed by atoms with Gasteiger partial charge in [-0.3, -0.25) is 0 Å². The Kier molecular flexibility index (Phi) is 5.28. The molecule has 1 aliphatic carbocycles. The predicted molar refractivity (Wildman–Crippen MR) is 122 cm³/mol. The van der Waals surface area contributed by atoms with Gasteiger partial charge in [0.2, 0.25) is 0 Å². The number of hydrogen-bond donors (Lipinski definition) is 2. The molecule has 2 bridgehead atoms. The van der Waals surface area contributed by atoms with Gasteiger partial charge in [0.05, 0.1) is 23.8 Å². The first kappa shape index (κ1) is 22.1. The molecule has 35 heavy (non-hydrogen) atoms. The Hall–Kier alpha value is -3.41. The summed E-state index contributed by atoms with van der Waals surface area (Å²) in [6, 6.07) is 6.90. The van der Waals surface area contributed by atoms with Crippen LogP contribution in [0.1, 0.15) is 25.7 Å². The number of nitrogens with one attached hydrogen (secondary N) is 2. The number of aromatic nitrogens is 4. The summed E-state index contributed by atoms with van der Waals surface area (Å²) in [4.78, 5) is 23.3. The number of carbonyl (C=O) groups excluding carboxylic acids is 1. The molecule has 3 aromatic rings. The standard InChI is InChI=1S/C23H24F3N7O2/c24-23(25,26)12-33-21-18(9-27-33)20(32-10-16-7-8-17(11-32)35-16)30-19(31-21)13-1-3-14(4-2-13)28-22(34)29-15-5-6-15/h1-4,9,15-17H,5-8,10-12H2,(H2,28,29,34). The van der Waals surface area contributed by atoms with Crippen LogP contribution in [-0.2, 0) is 11.3 Å². The summed E-state index contributed by atoms with van der Waals surface area (Å²) in [6.07, 6.45) is 1.03. The maximum Gasteiger partial charge on any atom is 0.408 e. The van der Waals surface area contributed by atoms with Crippen molar-refractivity contribution in [2.45, 2.75) is 56.7 Å². The van der Waals surface area contributed by atoms with Gasteiger partial charge in [0.15, 0.2) is 11.5 Å². The highest BCUT2D eigenvalue weighted by Crippen LogP contribution is 2.34. The number of amides is 2. The first-order valence-electron chi connectivity index (χ1n) is 11.7. The lowest BCUT2D eigenvalue weighted by Crippen LogP contribution is -2.43. The fourth-order valence-corrected chi connectivity index (χ4v) is 4.67. The largest absolute Gasteiger partial charge is 0.408 e. The number of benzene rings is 1. The number of hydrogen-bond acceptors (Lipinski definition) is 6. The number of alkyl halides is 3. The number of morpholine rings is 1. The summed E-state index contributed by atoms with van der Waals surface area (Å²) in [5.41, 5.74) is 1.35. The van der Waals surface area contributed by atoms with Gasteiger partial charge < -0.3 is 20.3 Å². The average molecular weight is 487 g/mol. The van der Waals surface area contributed by atoms with Crippen molar-refractivity contribution < 1.29 is 22.7 Å². The lowest BCUT2D eigenvalue weighted by atomic mass is 10.2. The van der Waals surface area contributed by atoms with Crippen LogP contribution in [0, 0.1) is 0 Å². The van der Waals surface area contributed by atoms with Crippen molar-refractivity contribution in [3.63, 3.8) is 0 Å². The van der Waals surface area contributed by atoms with Crippen LogP contribution in [0.25, 0.3) is 22.4 Å². The van der Waals surface area contributed by atoms with E-state index in [1.165, 1.54) is 6.20 Å². The summed E-state index contributed by atoms with van der Waals surface area (Å²) < 4.78 is 46.4. The van der Waals surface area contributed by atoms with Crippen molar-refractivity contribution >= 4 is 28.6 Å². The molecule has 3 fully saturated rings. The molecule has 2 amide bonds. The van der Waals surface area contributed by atoms with Crippen LogP contribution >= 0.6 is 0 Å². The highest BCUT2D eigenvalue weighted by Gasteiger charge is 2.36. The van der Waals surface area contributed by atoms with E-state index in [-0.39, 0.29) is 29.9 Å². The van der Waals surface area contributed by atoms with Crippen LogP contribution in [0.3, 0.4) is 0 Å². The lowest BCUT2D eigenvalue weighted by molar-refractivity contribution is -0.141. The van der Waals surface area contributed by atoms with Crippen LogP contribution in [0.4, 0.5) is 29.5 Å². The third-order valence-electron chi connectivity index (χ3n) is 6.46. The highest BCUT2D eigenvalue weighted by atomic mass is 19.4. The highest BCUT2D eigenvalue weighted by molar-refractivity contribution is 5.91. The maximum absolute atomic E-state index is 13.2. The molecule has 184 valence electrons. The van der Waals surface area contributed by atoms with Crippen molar-refractivity contribution in [3.8, 4) is 11.4 Å². The van der Waals surface area contributed by atoms with Crippen molar-refractivity contribution in [2.75, 3.05) is 23.3 Å². The van der Waals surface area contributed by atoms with Gasteiger partial charge in [0.25, 0.3) is 0 Å². The van der Waals surface area contributed by atoms with Crippen LogP contribution in [0.2, 0.25) is 0 Å². The van der Waals surface area contributed by atoms with E-state index in [9.17, 15) is 18.0 Å². The van der Waals surface area contributed by atoms with Crippen LogP contribution in [-0.4, -0.2) is 63.3 Å². The van der Waals surface area contributed by atoms with Crippen LogP contribution < -0.4 is 15.5 Å². The minimum absolute atomic E-state index is 0.0829. The van der Waals surface area contributed by atoms with E-state index in [0.29, 0.717) is 41.4 Å². The minimum atomic E-state index is -4.43. The van der Waals surface area contributed by atoms with Crippen molar-refractivity contribution in [1.82, 2.24) is 25.1 Å². The number of ether oxygens (including phenoxy) is 1. The second-order valence-electron chi connectivity index (χ2n) is 9.34. The number of urea groups is 1. The molecule has 9 nitrogen and oxygen atoms in total. The summed E-state index contributed by atoms with van der Waals surface area (Å²) in [6.45, 7) is -0.00332. The van der Waals surface area contributed by atoms with Gasteiger partial charge in [-0.1, -0.05) is 0 Å². The minimum Gasteiger partial charge on any atom is -0.371 e. The summed E-state index contributed by atoms with van der Waals surface area (Å²) in [7, 11) is 0. The lowest BCUT2D eigenvalue weighted by Gasteiger charge is -2.33. The third kappa shape index (κ3) is 4.75. The molecule has 2 aromatic heterocycles. The Labute approximate surface area is 198 Å². The van der Waals surface area contributed by atoms with E-state index >= 15 is 0 Å². The van der Waals surface area contributed by atoms with E-state index in [4.69, 9.17) is 9.72 Å². The number of nitrogens with zero attached hydrogens (tertiary/aromatic N) is 5. The molecule has 2 aliphatic heterocycles.